The van der Waals surface area contributed by atoms with Gasteiger partial charge in [0.1, 0.15) is 11.3 Å². The van der Waals surface area contributed by atoms with E-state index in [0.717, 1.165) is 30.2 Å². The molecule has 1 aromatic carbocycles. The van der Waals surface area contributed by atoms with Crippen LogP contribution in [0, 0.1) is 11.7 Å². The fourth-order valence-corrected chi connectivity index (χ4v) is 5.48. The second-order valence-corrected chi connectivity index (χ2v) is 9.71. The summed E-state index contributed by atoms with van der Waals surface area (Å²) in [5.41, 5.74) is 4.33. The van der Waals surface area contributed by atoms with Gasteiger partial charge in [0.25, 0.3) is 0 Å². The molecule has 1 N–H and O–H groups in total. The number of halogens is 1. The molecule has 0 radical (unpaired) electrons. The molecule has 1 saturated carbocycles. The maximum atomic E-state index is 14.8. The number of aromatic nitrogens is 4. The molecule has 1 aliphatic carbocycles. The van der Waals surface area contributed by atoms with Crippen LogP contribution in [-0.2, 0) is 15.9 Å². The molecule has 184 valence electrons. The molecule has 36 heavy (non-hydrogen) atoms. The number of hydrogen-bond acceptors (Lipinski definition) is 7. The molecule has 0 amide bonds. The van der Waals surface area contributed by atoms with Gasteiger partial charge in [0.15, 0.2) is 17.2 Å². The molecule has 8 nitrogen and oxygen atoms in total. The summed E-state index contributed by atoms with van der Waals surface area (Å²) in [6.07, 6.45) is 6.71. The Balaban J connectivity index is 1.40. The molecule has 5 aromatic rings. The summed E-state index contributed by atoms with van der Waals surface area (Å²) in [5.74, 6) is 1.42. The summed E-state index contributed by atoms with van der Waals surface area (Å²) in [6.45, 7) is 2.59. The summed E-state index contributed by atoms with van der Waals surface area (Å²) in [7, 11) is 1.77. The summed E-state index contributed by atoms with van der Waals surface area (Å²) in [6, 6.07) is 7.72. The topological polar surface area (TPSA) is 89.3 Å². The first kappa shape index (κ1) is 21.7. The SMILES string of the molecule is COC1CC(Cc2cnc3oc4c(N5CCOCC5)nc(-c5cccc6[nH]cc(F)c56)nc4c3c2)C1. The minimum Gasteiger partial charge on any atom is -0.432 e. The molecule has 0 bridgehead atoms. The number of methoxy groups -OCH3 is 1. The number of aromatic amines is 1. The van der Waals surface area contributed by atoms with Gasteiger partial charge in [-0.2, -0.15) is 0 Å². The van der Waals surface area contributed by atoms with Gasteiger partial charge in [0, 0.05) is 49.1 Å². The highest BCUT2D eigenvalue weighted by molar-refractivity contribution is 6.06. The summed E-state index contributed by atoms with van der Waals surface area (Å²) in [4.78, 5) is 19.6. The van der Waals surface area contributed by atoms with E-state index in [1.807, 2.05) is 24.4 Å². The molecule has 0 spiro atoms. The number of anilines is 1. The van der Waals surface area contributed by atoms with Crippen LogP contribution < -0.4 is 4.90 Å². The predicted molar refractivity (Wildman–Crippen MR) is 135 cm³/mol. The molecule has 2 fully saturated rings. The number of nitrogens with zero attached hydrogens (tertiary/aromatic N) is 4. The maximum absolute atomic E-state index is 14.8. The van der Waals surface area contributed by atoms with E-state index in [2.05, 4.69) is 20.9 Å². The molecule has 0 unspecified atom stereocenters. The normalized spacial score (nSPS) is 20.4. The molecule has 5 heterocycles. The van der Waals surface area contributed by atoms with Crippen molar-refractivity contribution in [1.29, 1.82) is 0 Å². The zero-order chi connectivity index (χ0) is 24.2. The molecule has 2 aliphatic rings. The smallest absolute Gasteiger partial charge is 0.229 e. The van der Waals surface area contributed by atoms with Gasteiger partial charge in [-0.25, -0.2) is 19.3 Å². The Labute approximate surface area is 206 Å². The van der Waals surface area contributed by atoms with Gasteiger partial charge in [-0.15, -0.1) is 0 Å². The lowest BCUT2D eigenvalue weighted by Gasteiger charge is -2.34. The van der Waals surface area contributed by atoms with Crippen molar-refractivity contribution in [3.05, 3.63) is 48.0 Å². The van der Waals surface area contributed by atoms with Crippen LogP contribution in [-0.4, -0.2) is 59.5 Å². The highest BCUT2D eigenvalue weighted by Gasteiger charge is 2.29. The Kier molecular flexibility index (Phi) is 5.14. The number of H-pyrrole nitrogens is 1. The van der Waals surface area contributed by atoms with Crippen molar-refractivity contribution < 1.29 is 18.3 Å². The van der Waals surface area contributed by atoms with Gasteiger partial charge in [0.2, 0.25) is 5.71 Å². The lowest BCUT2D eigenvalue weighted by atomic mass is 9.78. The molecule has 9 heteroatoms. The Bertz CT molecular complexity index is 1580. The number of ether oxygens (including phenoxy) is 2. The minimum absolute atomic E-state index is 0.326. The van der Waals surface area contributed by atoms with Gasteiger partial charge in [-0.3, -0.25) is 0 Å². The van der Waals surface area contributed by atoms with Crippen molar-refractivity contribution in [1.82, 2.24) is 19.9 Å². The van der Waals surface area contributed by atoms with E-state index in [1.54, 1.807) is 7.11 Å². The average molecular weight is 488 g/mol. The third-order valence-corrected chi connectivity index (χ3v) is 7.47. The largest absolute Gasteiger partial charge is 0.432 e. The van der Waals surface area contributed by atoms with Crippen molar-refractivity contribution in [2.75, 3.05) is 38.3 Å². The maximum Gasteiger partial charge on any atom is 0.229 e. The zero-order valence-corrected chi connectivity index (χ0v) is 20.0. The fourth-order valence-electron chi connectivity index (χ4n) is 5.48. The van der Waals surface area contributed by atoms with Crippen LogP contribution in [0.4, 0.5) is 10.2 Å². The third-order valence-electron chi connectivity index (χ3n) is 7.47. The van der Waals surface area contributed by atoms with Crippen molar-refractivity contribution in [3.8, 4) is 11.4 Å². The van der Waals surface area contributed by atoms with Crippen LogP contribution in [0.15, 0.2) is 41.1 Å². The first-order valence-corrected chi connectivity index (χ1v) is 12.4. The van der Waals surface area contributed by atoms with E-state index in [4.69, 9.17) is 23.9 Å². The van der Waals surface area contributed by atoms with Gasteiger partial charge < -0.3 is 23.8 Å². The van der Waals surface area contributed by atoms with E-state index < -0.39 is 0 Å². The van der Waals surface area contributed by atoms with Crippen LogP contribution in [0.2, 0.25) is 0 Å². The molecule has 1 aliphatic heterocycles. The number of furan rings is 1. The van der Waals surface area contributed by atoms with E-state index in [-0.39, 0.29) is 5.82 Å². The Hall–Kier alpha value is -3.56. The van der Waals surface area contributed by atoms with Crippen molar-refractivity contribution in [2.24, 2.45) is 5.92 Å². The third kappa shape index (κ3) is 3.53. The molecule has 7 rings (SSSR count). The van der Waals surface area contributed by atoms with Gasteiger partial charge >= 0.3 is 0 Å². The Morgan fingerprint density at radius 2 is 2.06 bits per heavy atom. The number of fused-ring (bicyclic) bond motifs is 4. The van der Waals surface area contributed by atoms with Crippen LogP contribution in [0.3, 0.4) is 0 Å². The molecular weight excluding hydrogens is 461 g/mol. The average Bonchev–Trinajstić information content (AvgIpc) is 3.46. The van der Waals surface area contributed by atoms with Crippen molar-refractivity contribution in [2.45, 2.75) is 25.4 Å². The second-order valence-electron chi connectivity index (χ2n) is 9.71. The zero-order valence-electron chi connectivity index (χ0n) is 20.0. The number of nitrogens with one attached hydrogen (secondary N) is 1. The Morgan fingerprint density at radius 1 is 1.19 bits per heavy atom. The fraction of sp³-hybridized carbons (Fsp3) is 0.370. The molecular formula is C27H26FN5O3. The monoisotopic (exact) mass is 487 g/mol. The highest BCUT2D eigenvalue weighted by Crippen LogP contribution is 2.38. The lowest BCUT2D eigenvalue weighted by molar-refractivity contribution is 0.00144. The van der Waals surface area contributed by atoms with Crippen LogP contribution in [0.5, 0.6) is 0 Å². The number of hydrogen-bond donors (Lipinski definition) is 1. The summed E-state index contributed by atoms with van der Waals surface area (Å²) < 4.78 is 32.0. The number of pyridine rings is 1. The molecule has 4 aromatic heterocycles. The van der Waals surface area contributed by atoms with E-state index in [9.17, 15) is 4.39 Å². The summed E-state index contributed by atoms with van der Waals surface area (Å²) >= 11 is 0. The number of morpholine rings is 1. The van der Waals surface area contributed by atoms with Crippen LogP contribution in [0.25, 0.3) is 44.5 Å². The minimum atomic E-state index is -0.326. The summed E-state index contributed by atoms with van der Waals surface area (Å²) in [5, 5.41) is 1.33. The van der Waals surface area contributed by atoms with Gasteiger partial charge in [0.05, 0.1) is 24.7 Å². The van der Waals surface area contributed by atoms with E-state index in [0.29, 0.717) is 83.2 Å². The van der Waals surface area contributed by atoms with Crippen LogP contribution in [0.1, 0.15) is 18.4 Å². The molecule has 0 atom stereocenters. The van der Waals surface area contributed by atoms with Crippen molar-refractivity contribution >= 4 is 38.9 Å². The van der Waals surface area contributed by atoms with E-state index >= 15 is 0 Å². The van der Waals surface area contributed by atoms with Gasteiger partial charge in [-0.1, -0.05) is 12.1 Å². The first-order valence-electron chi connectivity index (χ1n) is 12.4. The molecule has 1 saturated heterocycles. The highest BCUT2D eigenvalue weighted by atomic mass is 19.1. The number of rotatable bonds is 5. The predicted octanol–water partition coefficient (Wildman–Crippen LogP) is 4.86. The quantitative estimate of drug-likeness (QED) is 0.379. The second kappa shape index (κ2) is 8.53. The van der Waals surface area contributed by atoms with Gasteiger partial charge in [-0.05, 0) is 42.9 Å². The van der Waals surface area contributed by atoms with E-state index in [1.165, 1.54) is 6.20 Å². The lowest BCUT2D eigenvalue weighted by Crippen LogP contribution is -2.37. The van der Waals surface area contributed by atoms with Crippen LogP contribution >= 0.6 is 0 Å². The Morgan fingerprint density at radius 3 is 2.89 bits per heavy atom. The number of benzene rings is 1. The first-order chi connectivity index (χ1) is 17.7. The van der Waals surface area contributed by atoms with Crippen molar-refractivity contribution in [3.63, 3.8) is 0 Å². The standard InChI is InChI=1S/C27H26FN5O3/c1-34-17-10-15(11-17)9-16-12-19-23-24(36-27(19)30-13-16)26(33-5-7-35-8-6-33)32-25(31-23)18-3-2-4-21-22(18)20(28)14-29-21/h2-4,12-15,17,29H,5-11H2,1H3.